The van der Waals surface area contributed by atoms with Gasteiger partial charge in [0, 0.05) is 6.20 Å². The first kappa shape index (κ1) is 13.9. The average Bonchev–Trinajstić information content (AvgIpc) is 2.29. The van der Waals surface area contributed by atoms with Crippen molar-refractivity contribution in [3.05, 3.63) is 23.9 Å². The Morgan fingerprint density at radius 1 is 1.39 bits per heavy atom. The lowest BCUT2D eigenvalue weighted by atomic mass is 10.2. The van der Waals surface area contributed by atoms with E-state index in [0.717, 1.165) is 12.3 Å². The Kier molecular flexibility index (Phi) is 3.84. The van der Waals surface area contributed by atoms with Crippen LogP contribution in [0.15, 0.2) is 18.3 Å². The van der Waals surface area contributed by atoms with Gasteiger partial charge in [-0.05, 0) is 12.1 Å². The number of amides is 1. The first-order chi connectivity index (χ1) is 8.26. The van der Waals surface area contributed by atoms with Crippen LogP contribution in [0.2, 0.25) is 0 Å². The van der Waals surface area contributed by atoms with E-state index >= 15 is 0 Å². The number of pyridine rings is 1. The van der Waals surface area contributed by atoms with Crippen LogP contribution in [0.4, 0.5) is 23.4 Å². The van der Waals surface area contributed by atoms with Crippen molar-refractivity contribution in [2.24, 2.45) is 0 Å². The van der Waals surface area contributed by atoms with Gasteiger partial charge in [-0.3, -0.25) is 4.79 Å². The summed E-state index contributed by atoms with van der Waals surface area (Å²) in [5.74, 6) is -9.51. The van der Waals surface area contributed by atoms with Crippen molar-refractivity contribution in [1.82, 2.24) is 4.98 Å². The molecule has 0 aliphatic rings. The minimum atomic E-state index is -4.92. The predicted molar refractivity (Wildman–Crippen MR) is 50.8 cm³/mol. The molecule has 0 bridgehead atoms. The highest BCUT2D eigenvalue weighted by Crippen LogP contribution is 2.25. The first-order valence-electron chi connectivity index (χ1n) is 4.42. The fourth-order valence-corrected chi connectivity index (χ4v) is 0.967. The van der Waals surface area contributed by atoms with Gasteiger partial charge >= 0.3 is 24.2 Å². The Balaban J connectivity index is 2.99. The van der Waals surface area contributed by atoms with Gasteiger partial charge in [0.05, 0.1) is 0 Å². The summed E-state index contributed by atoms with van der Waals surface area (Å²) >= 11 is 0. The Morgan fingerprint density at radius 2 is 2.00 bits per heavy atom. The van der Waals surface area contributed by atoms with Crippen LogP contribution in [0.3, 0.4) is 0 Å². The maximum Gasteiger partial charge on any atom is 0.383 e. The van der Waals surface area contributed by atoms with Gasteiger partial charge in [-0.15, -0.1) is 0 Å². The van der Waals surface area contributed by atoms with E-state index in [2.05, 4.69) is 4.98 Å². The number of carbonyl (C=O) groups is 2. The molecule has 18 heavy (non-hydrogen) atoms. The summed E-state index contributed by atoms with van der Waals surface area (Å²) in [6.45, 7) is 0. The molecule has 0 fully saturated rings. The summed E-state index contributed by atoms with van der Waals surface area (Å²) in [4.78, 5) is 24.9. The fraction of sp³-hybridized carbons (Fsp3) is 0.222. The Morgan fingerprint density at radius 3 is 2.50 bits per heavy atom. The van der Waals surface area contributed by atoms with Gasteiger partial charge in [-0.2, -0.15) is 8.78 Å². The molecule has 0 spiro atoms. The molecule has 0 unspecified atom stereocenters. The topological polar surface area (TPSA) is 79.3 Å². The van der Waals surface area contributed by atoms with Gasteiger partial charge in [0.25, 0.3) is 0 Å². The molecule has 0 aliphatic carbocycles. The Labute approximate surface area is 97.4 Å². The van der Waals surface area contributed by atoms with Crippen molar-refractivity contribution in [2.45, 2.75) is 12.3 Å². The number of carboxylic acids is 1. The van der Waals surface area contributed by atoms with Crippen molar-refractivity contribution in [2.75, 3.05) is 5.32 Å². The van der Waals surface area contributed by atoms with Crippen LogP contribution in [0.1, 0.15) is 10.4 Å². The third-order valence-corrected chi connectivity index (χ3v) is 1.85. The zero-order chi connectivity index (χ0) is 13.9. The van der Waals surface area contributed by atoms with Gasteiger partial charge in [-0.1, -0.05) is 0 Å². The van der Waals surface area contributed by atoms with Crippen molar-refractivity contribution in [3.63, 3.8) is 0 Å². The van der Waals surface area contributed by atoms with E-state index < -0.39 is 35.6 Å². The number of halogens is 4. The van der Waals surface area contributed by atoms with Crippen LogP contribution in [-0.2, 0) is 4.79 Å². The number of hydrogen-bond acceptors (Lipinski definition) is 3. The predicted octanol–water partition coefficient (Wildman–Crippen LogP) is 1.62. The van der Waals surface area contributed by atoms with Gasteiger partial charge < -0.3 is 10.4 Å². The SMILES string of the molecule is O=C(O)c1cccnc1NC(=O)C(F)(F)C(F)F. The monoisotopic (exact) mass is 266 g/mol. The molecule has 0 aliphatic heterocycles. The van der Waals surface area contributed by atoms with Crippen molar-refractivity contribution in [1.29, 1.82) is 0 Å². The second-order valence-corrected chi connectivity index (χ2v) is 3.08. The number of aromatic nitrogens is 1. The van der Waals surface area contributed by atoms with Crippen LogP contribution in [0.5, 0.6) is 0 Å². The summed E-state index contributed by atoms with van der Waals surface area (Å²) < 4.78 is 49.0. The molecule has 0 aromatic carbocycles. The smallest absolute Gasteiger partial charge is 0.383 e. The first-order valence-corrected chi connectivity index (χ1v) is 4.42. The maximum absolute atomic E-state index is 12.6. The molecule has 1 aromatic heterocycles. The van der Waals surface area contributed by atoms with E-state index in [0.29, 0.717) is 0 Å². The largest absolute Gasteiger partial charge is 0.478 e. The maximum atomic E-state index is 12.6. The molecule has 1 heterocycles. The van der Waals surface area contributed by atoms with Crippen molar-refractivity contribution in [3.8, 4) is 0 Å². The molecular weight excluding hydrogens is 260 g/mol. The molecule has 1 aromatic rings. The standard InChI is InChI=1S/C9H6F4N2O3/c10-7(11)9(12,13)8(18)15-5-4(6(16)17)2-1-3-14-5/h1-3,7H,(H,16,17)(H,14,15,18). The van der Waals surface area contributed by atoms with E-state index in [9.17, 15) is 27.2 Å². The second kappa shape index (κ2) is 4.98. The molecule has 0 saturated carbocycles. The summed E-state index contributed by atoms with van der Waals surface area (Å²) in [6, 6.07) is 2.16. The fourth-order valence-electron chi connectivity index (χ4n) is 0.967. The van der Waals surface area contributed by atoms with Crippen LogP contribution in [0, 0.1) is 0 Å². The van der Waals surface area contributed by atoms with Gasteiger partial charge in [0.15, 0.2) is 0 Å². The van der Waals surface area contributed by atoms with E-state index in [4.69, 9.17) is 5.11 Å². The number of hydrogen-bond donors (Lipinski definition) is 2. The zero-order valence-corrected chi connectivity index (χ0v) is 8.53. The summed E-state index contributed by atoms with van der Waals surface area (Å²) in [5.41, 5.74) is -0.587. The highest BCUT2D eigenvalue weighted by molar-refractivity contribution is 6.01. The second-order valence-electron chi connectivity index (χ2n) is 3.08. The normalized spacial score (nSPS) is 11.4. The number of alkyl halides is 4. The summed E-state index contributed by atoms with van der Waals surface area (Å²) in [7, 11) is 0. The molecule has 9 heteroatoms. The van der Waals surface area contributed by atoms with E-state index in [1.54, 1.807) is 0 Å². The van der Waals surface area contributed by atoms with Gasteiger partial charge in [-0.25, -0.2) is 18.6 Å². The lowest BCUT2D eigenvalue weighted by Gasteiger charge is -2.15. The third kappa shape index (κ3) is 2.73. The van der Waals surface area contributed by atoms with Gasteiger partial charge in [0.1, 0.15) is 11.4 Å². The van der Waals surface area contributed by atoms with Crippen molar-refractivity contribution < 1.29 is 32.3 Å². The minimum absolute atomic E-state index is 0.587. The molecule has 2 N–H and O–H groups in total. The number of aromatic carboxylic acids is 1. The molecular formula is C9H6F4N2O3. The van der Waals surface area contributed by atoms with Crippen molar-refractivity contribution >= 4 is 17.7 Å². The molecule has 1 amide bonds. The number of rotatable bonds is 4. The number of nitrogens with zero attached hydrogens (tertiary/aromatic N) is 1. The Hall–Kier alpha value is -2.19. The number of carboxylic acid groups (broad SMARTS) is 1. The molecule has 0 saturated heterocycles. The van der Waals surface area contributed by atoms with Crippen LogP contribution < -0.4 is 5.32 Å². The average molecular weight is 266 g/mol. The highest BCUT2D eigenvalue weighted by atomic mass is 19.3. The van der Waals surface area contributed by atoms with Gasteiger partial charge in [0.2, 0.25) is 0 Å². The van der Waals surface area contributed by atoms with E-state index in [-0.39, 0.29) is 0 Å². The molecule has 5 nitrogen and oxygen atoms in total. The lowest BCUT2D eigenvalue weighted by Crippen LogP contribution is -2.41. The minimum Gasteiger partial charge on any atom is -0.478 e. The van der Waals surface area contributed by atoms with Crippen LogP contribution in [0.25, 0.3) is 0 Å². The number of carbonyl (C=O) groups excluding carboxylic acids is 1. The molecule has 98 valence electrons. The number of nitrogens with one attached hydrogen (secondary N) is 1. The summed E-state index contributed by atoms with van der Waals surface area (Å²) in [6.07, 6.45) is -3.18. The third-order valence-electron chi connectivity index (χ3n) is 1.85. The quantitative estimate of drug-likeness (QED) is 0.811. The molecule has 1 rings (SSSR count). The van der Waals surface area contributed by atoms with E-state index in [1.165, 1.54) is 11.4 Å². The Bertz CT molecular complexity index is 479. The summed E-state index contributed by atoms with van der Waals surface area (Å²) in [5, 5.41) is 10.0. The van der Waals surface area contributed by atoms with Crippen LogP contribution >= 0.6 is 0 Å². The number of anilines is 1. The highest BCUT2D eigenvalue weighted by Gasteiger charge is 2.49. The lowest BCUT2D eigenvalue weighted by molar-refractivity contribution is -0.163. The van der Waals surface area contributed by atoms with E-state index in [1.807, 2.05) is 0 Å². The zero-order valence-electron chi connectivity index (χ0n) is 8.53. The molecule has 0 atom stereocenters. The molecule has 0 radical (unpaired) electrons. The van der Waals surface area contributed by atoms with Crippen LogP contribution in [-0.4, -0.2) is 34.3 Å².